The van der Waals surface area contributed by atoms with Crippen molar-refractivity contribution in [1.29, 1.82) is 0 Å². The molecule has 138 valence electrons. The highest BCUT2D eigenvalue weighted by Gasteiger charge is 2.33. The van der Waals surface area contributed by atoms with Crippen LogP contribution in [-0.4, -0.2) is 29.7 Å². The molecule has 1 N–H and O–H groups in total. The van der Waals surface area contributed by atoms with Gasteiger partial charge in [0.2, 0.25) is 0 Å². The lowest BCUT2D eigenvalue weighted by Crippen LogP contribution is -2.24. The highest BCUT2D eigenvalue weighted by molar-refractivity contribution is 7.99. The second kappa shape index (κ2) is 7.32. The number of benzene rings is 3. The molecule has 4 rings (SSSR count). The maximum absolute atomic E-state index is 12.8. The van der Waals surface area contributed by atoms with E-state index in [0.717, 1.165) is 14.7 Å². The zero-order valence-corrected chi connectivity index (χ0v) is 15.8. The second-order valence-corrected chi connectivity index (χ2v) is 7.41. The fraction of sp³-hybridized carbons (Fsp3) is 0.0455. The van der Waals surface area contributed by atoms with Gasteiger partial charge in [-0.15, -0.1) is 0 Å². The number of hydrogen-bond donors (Lipinski definition) is 1. The molecule has 5 nitrogen and oxygen atoms in total. The van der Waals surface area contributed by atoms with Gasteiger partial charge in [0.15, 0.2) is 0 Å². The zero-order valence-electron chi connectivity index (χ0n) is 15.0. The first kappa shape index (κ1) is 18.0. The van der Waals surface area contributed by atoms with Crippen molar-refractivity contribution in [2.75, 3.05) is 12.4 Å². The summed E-state index contributed by atoms with van der Waals surface area (Å²) in [4.78, 5) is 40.0. The van der Waals surface area contributed by atoms with E-state index in [4.69, 9.17) is 0 Å². The summed E-state index contributed by atoms with van der Waals surface area (Å²) in [5, 5.41) is 2.91. The molecule has 0 unspecified atom stereocenters. The van der Waals surface area contributed by atoms with E-state index < -0.39 is 5.91 Å². The number of imide groups is 1. The maximum atomic E-state index is 12.8. The van der Waals surface area contributed by atoms with Crippen LogP contribution in [0.1, 0.15) is 31.1 Å². The minimum absolute atomic E-state index is 0.257. The Morgan fingerprint density at radius 2 is 1.54 bits per heavy atom. The number of nitrogens with one attached hydrogen (secondary N) is 1. The number of hydrogen-bond acceptors (Lipinski definition) is 4. The van der Waals surface area contributed by atoms with Gasteiger partial charge in [-0.05, 0) is 42.5 Å². The molecule has 3 amide bonds. The fourth-order valence-corrected chi connectivity index (χ4v) is 3.89. The Kier molecular flexibility index (Phi) is 4.71. The molecule has 1 heterocycles. The van der Waals surface area contributed by atoms with Gasteiger partial charge in [0, 0.05) is 22.4 Å². The first-order valence-electron chi connectivity index (χ1n) is 8.64. The number of carbonyl (C=O) groups excluding carboxylic acids is 3. The van der Waals surface area contributed by atoms with E-state index in [-0.39, 0.29) is 17.4 Å². The van der Waals surface area contributed by atoms with Crippen LogP contribution in [0.5, 0.6) is 0 Å². The molecule has 0 aliphatic carbocycles. The van der Waals surface area contributed by atoms with Crippen LogP contribution in [0.15, 0.2) is 82.6 Å². The molecule has 28 heavy (non-hydrogen) atoms. The van der Waals surface area contributed by atoms with Crippen molar-refractivity contribution in [1.82, 2.24) is 4.90 Å². The Labute approximate surface area is 166 Å². The zero-order chi connectivity index (χ0) is 19.7. The number of para-hydroxylation sites is 1. The summed E-state index contributed by atoms with van der Waals surface area (Å²) >= 11 is 1.55. The summed E-state index contributed by atoms with van der Waals surface area (Å²) in [6.07, 6.45) is 0. The second-order valence-electron chi connectivity index (χ2n) is 6.30. The molecule has 1 aliphatic heterocycles. The van der Waals surface area contributed by atoms with Crippen molar-refractivity contribution in [3.63, 3.8) is 0 Å². The highest BCUT2D eigenvalue weighted by atomic mass is 32.2. The molecule has 0 spiro atoms. The number of anilines is 1. The van der Waals surface area contributed by atoms with E-state index in [9.17, 15) is 14.4 Å². The Bertz CT molecular complexity index is 1100. The number of carbonyl (C=O) groups is 3. The summed E-state index contributed by atoms with van der Waals surface area (Å²) in [6, 6.07) is 22.0. The van der Waals surface area contributed by atoms with Crippen LogP contribution in [0.25, 0.3) is 0 Å². The molecule has 3 aromatic carbocycles. The van der Waals surface area contributed by atoms with Crippen LogP contribution < -0.4 is 5.32 Å². The predicted molar refractivity (Wildman–Crippen MR) is 108 cm³/mol. The number of amides is 3. The van der Waals surface area contributed by atoms with Crippen LogP contribution >= 0.6 is 11.8 Å². The Balaban J connectivity index is 1.59. The van der Waals surface area contributed by atoms with Crippen LogP contribution in [-0.2, 0) is 0 Å². The van der Waals surface area contributed by atoms with Crippen LogP contribution in [0.4, 0.5) is 5.69 Å². The van der Waals surface area contributed by atoms with Crippen molar-refractivity contribution in [2.45, 2.75) is 9.79 Å². The van der Waals surface area contributed by atoms with Gasteiger partial charge in [-0.3, -0.25) is 19.3 Å². The van der Waals surface area contributed by atoms with Crippen LogP contribution in [0.3, 0.4) is 0 Å². The largest absolute Gasteiger partial charge is 0.321 e. The molecule has 1 aliphatic rings. The normalized spacial score (nSPS) is 12.8. The maximum Gasteiger partial charge on any atom is 0.261 e. The molecule has 0 saturated carbocycles. The van der Waals surface area contributed by atoms with Crippen molar-refractivity contribution < 1.29 is 14.4 Å². The summed E-state index contributed by atoms with van der Waals surface area (Å²) < 4.78 is 0. The molecule has 0 radical (unpaired) electrons. The van der Waals surface area contributed by atoms with Gasteiger partial charge < -0.3 is 5.32 Å². The summed E-state index contributed by atoms with van der Waals surface area (Å²) in [5.74, 6) is -1.08. The molecule has 0 bridgehead atoms. The van der Waals surface area contributed by atoms with Gasteiger partial charge in [-0.25, -0.2) is 0 Å². The summed E-state index contributed by atoms with van der Waals surface area (Å²) in [7, 11) is 1.43. The van der Waals surface area contributed by atoms with Gasteiger partial charge in [-0.2, -0.15) is 0 Å². The smallest absolute Gasteiger partial charge is 0.261 e. The quantitative estimate of drug-likeness (QED) is 0.676. The molecule has 0 fully saturated rings. The highest BCUT2D eigenvalue weighted by Crippen LogP contribution is 2.33. The predicted octanol–water partition coefficient (Wildman–Crippen LogP) is 4.32. The monoisotopic (exact) mass is 388 g/mol. The third kappa shape index (κ3) is 3.30. The van der Waals surface area contributed by atoms with E-state index in [1.54, 1.807) is 17.8 Å². The minimum atomic E-state index is -0.394. The van der Waals surface area contributed by atoms with E-state index in [1.165, 1.54) is 19.2 Å². The molecular weight excluding hydrogens is 372 g/mol. The fourth-order valence-electron chi connectivity index (χ4n) is 2.97. The molecule has 0 saturated heterocycles. The number of rotatable bonds is 4. The van der Waals surface area contributed by atoms with Crippen molar-refractivity contribution in [2.24, 2.45) is 0 Å². The van der Waals surface area contributed by atoms with E-state index >= 15 is 0 Å². The molecule has 0 atom stereocenters. The SMILES string of the molecule is CN1C(=O)c2ccc(C(=O)Nc3ccccc3Sc3ccccc3)cc2C1=O. The molecule has 3 aromatic rings. The Morgan fingerprint density at radius 3 is 2.32 bits per heavy atom. The summed E-state index contributed by atoms with van der Waals surface area (Å²) in [5.41, 5.74) is 1.59. The third-order valence-electron chi connectivity index (χ3n) is 4.46. The third-order valence-corrected chi connectivity index (χ3v) is 5.54. The van der Waals surface area contributed by atoms with E-state index in [2.05, 4.69) is 5.32 Å². The average Bonchev–Trinajstić information content (AvgIpc) is 2.94. The van der Waals surface area contributed by atoms with Crippen molar-refractivity contribution >= 4 is 35.2 Å². The van der Waals surface area contributed by atoms with Gasteiger partial charge >= 0.3 is 0 Å². The summed E-state index contributed by atoms with van der Waals surface area (Å²) in [6.45, 7) is 0. The minimum Gasteiger partial charge on any atom is -0.321 e. The Hall–Kier alpha value is -3.38. The molecule has 6 heteroatoms. The topological polar surface area (TPSA) is 66.5 Å². The van der Waals surface area contributed by atoms with Gasteiger partial charge in [0.25, 0.3) is 17.7 Å². The molecular formula is C22H16N2O3S. The number of nitrogens with zero attached hydrogens (tertiary/aromatic N) is 1. The van der Waals surface area contributed by atoms with E-state index in [1.807, 2.05) is 54.6 Å². The van der Waals surface area contributed by atoms with Gasteiger partial charge in [0.05, 0.1) is 16.8 Å². The molecule has 0 aromatic heterocycles. The first-order valence-corrected chi connectivity index (χ1v) is 9.46. The number of fused-ring (bicyclic) bond motifs is 1. The van der Waals surface area contributed by atoms with Crippen LogP contribution in [0.2, 0.25) is 0 Å². The lowest BCUT2D eigenvalue weighted by atomic mass is 10.1. The van der Waals surface area contributed by atoms with Crippen molar-refractivity contribution in [3.8, 4) is 0 Å². The Morgan fingerprint density at radius 1 is 0.857 bits per heavy atom. The lowest BCUT2D eigenvalue weighted by molar-refractivity contribution is 0.0693. The lowest BCUT2D eigenvalue weighted by Gasteiger charge is -2.11. The first-order chi connectivity index (χ1) is 13.5. The van der Waals surface area contributed by atoms with Gasteiger partial charge in [0.1, 0.15) is 0 Å². The van der Waals surface area contributed by atoms with Gasteiger partial charge in [-0.1, -0.05) is 42.1 Å². The van der Waals surface area contributed by atoms with Crippen LogP contribution in [0, 0.1) is 0 Å². The van der Waals surface area contributed by atoms with E-state index in [0.29, 0.717) is 16.8 Å². The standard InChI is InChI=1S/C22H16N2O3S/c1-24-21(26)16-12-11-14(13-17(16)22(24)27)20(25)23-18-9-5-6-10-19(18)28-15-7-3-2-4-8-15/h2-13H,1H3,(H,23,25). The average molecular weight is 388 g/mol. The van der Waals surface area contributed by atoms with Crippen molar-refractivity contribution in [3.05, 3.63) is 89.5 Å².